The van der Waals surface area contributed by atoms with Gasteiger partial charge in [0.15, 0.2) is 0 Å². The molecule has 4 aromatic rings. The number of aryl methyl sites for hydroxylation is 2. The summed E-state index contributed by atoms with van der Waals surface area (Å²) in [4.78, 5) is 34.7. The van der Waals surface area contributed by atoms with Crippen molar-refractivity contribution in [1.82, 2.24) is 19.2 Å². The zero-order valence-corrected chi connectivity index (χ0v) is 19.8. The lowest BCUT2D eigenvalue weighted by Crippen LogP contribution is -2.21. The minimum absolute atomic E-state index is 0.165. The summed E-state index contributed by atoms with van der Waals surface area (Å²) in [6, 6.07) is 14.0. The Labute approximate surface area is 200 Å². The van der Waals surface area contributed by atoms with Gasteiger partial charge < -0.3 is 10.6 Å². The molecule has 10 heteroatoms. The summed E-state index contributed by atoms with van der Waals surface area (Å²) in [6.07, 6.45) is 2.52. The van der Waals surface area contributed by atoms with E-state index in [0.29, 0.717) is 40.2 Å². The van der Waals surface area contributed by atoms with E-state index in [4.69, 9.17) is 11.6 Å². The van der Waals surface area contributed by atoms with E-state index >= 15 is 0 Å². The van der Waals surface area contributed by atoms with Crippen molar-refractivity contribution < 1.29 is 4.79 Å². The van der Waals surface area contributed by atoms with Crippen molar-refractivity contribution in [3.63, 3.8) is 0 Å². The van der Waals surface area contributed by atoms with Crippen molar-refractivity contribution in [2.75, 3.05) is 10.6 Å². The fourth-order valence-electron chi connectivity index (χ4n) is 3.31. The molecule has 0 fully saturated rings. The number of thioether (sulfide) groups is 1. The average Bonchev–Trinajstić information content (AvgIpc) is 3.19. The molecule has 2 amide bonds. The molecule has 2 heterocycles. The van der Waals surface area contributed by atoms with E-state index in [-0.39, 0.29) is 5.56 Å². The summed E-state index contributed by atoms with van der Waals surface area (Å²) < 4.78 is 3.24. The molecule has 4 rings (SSSR count). The number of hydrogen-bond donors (Lipinski definition) is 2. The monoisotopic (exact) mass is 482 g/mol. The Kier molecular flexibility index (Phi) is 7.00. The molecule has 0 saturated heterocycles. The van der Waals surface area contributed by atoms with Crippen LogP contribution < -0.4 is 16.2 Å². The maximum Gasteiger partial charge on any atom is 0.323 e. The normalized spacial score (nSPS) is 11.0. The molecule has 2 N–H and O–H groups in total. The number of fused-ring (bicyclic) bond motifs is 1. The Balaban J connectivity index is 1.47. The Bertz CT molecular complexity index is 1370. The van der Waals surface area contributed by atoms with Crippen LogP contribution in [0.25, 0.3) is 5.78 Å². The van der Waals surface area contributed by atoms with Crippen LogP contribution in [0.1, 0.15) is 24.6 Å². The van der Waals surface area contributed by atoms with Crippen molar-refractivity contribution in [2.24, 2.45) is 0 Å². The second-order valence-corrected chi connectivity index (χ2v) is 8.88. The molecule has 0 aliphatic heterocycles. The fourth-order valence-corrected chi connectivity index (χ4v) is 4.49. The lowest BCUT2D eigenvalue weighted by Gasteiger charge is -2.12. The number of benzene rings is 2. The van der Waals surface area contributed by atoms with Gasteiger partial charge in [0.2, 0.25) is 0 Å². The van der Waals surface area contributed by atoms with Gasteiger partial charge in [0, 0.05) is 23.3 Å². The molecule has 170 valence electrons. The van der Waals surface area contributed by atoms with E-state index in [1.807, 2.05) is 44.2 Å². The second kappa shape index (κ2) is 10.1. The highest BCUT2D eigenvalue weighted by Crippen LogP contribution is 2.30. The number of urea groups is 1. The largest absolute Gasteiger partial charge is 0.323 e. The van der Waals surface area contributed by atoms with Crippen LogP contribution in [0.5, 0.6) is 0 Å². The number of halogens is 1. The van der Waals surface area contributed by atoms with Crippen LogP contribution in [0.4, 0.5) is 16.2 Å². The first kappa shape index (κ1) is 22.9. The summed E-state index contributed by atoms with van der Waals surface area (Å²) in [6.45, 7) is 4.67. The molecular formula is C23H23ClN6O2S. The first-order valence-electron chi connectivity index (χ1n) is 10.4. The molecule has 2 aromatic heterocycles. The summed E-state index contributed by atoms with van der Waals surface area (Å²) >= 11 is 7.69. The maximum absolute atomic E-state index is 12.6. The number of aromatic nitrogens is 4. The molecule has 33 heavy (non-hydrogen) atoms. The summed E-state index contributed by atoms with van der Waals surface area (Å²) in [5, 5.41) is 6.11. The molecule has 0 spiro atoms. The lowest BCUT2D eigenvalue weighted by atomic mass is 10.2. The summed E-state index contributed by atoms with van der Waals surface area (Å²) in [5.74, 6) is 0.837. The highest BCUT2D eigenvalue weighted by Gasteiger charge is 2.12. The van der Waals surface area contributed by atoms with Crippen LogP contribution in [-0.2, 0) is 12.3 Å². The van der Waals surface area contributed by atoms with Crippen LogP contribution in [0, 0.1) is 6.92 Å². The summed E-state index contributed by atoms with van der Waals surface area (Å²) in [7, 11) is 0. The number of amides is 2. The van der Waals surface area contributed by atoms with Crippen LogP contribution >= 0.6 is 23.4 Å². The minimum Gasteiger partial charge on any atom is -0.307 e. The Morgan fingerprint density at radius 2 is 1.91 bits per heavy atom. The molecule has 0 radical (unpaired) electrons. The summed E-state index contributed by atoms with van der Waals surface area (Å²) in [5.41, 5.74) is 2.65. The van der Waals surface area contributed by atoms with Gasteiger partial charge in [0.05, 0.1) is 22.1 Å². The third kappa shape index (κ3) is 5.37. The van der Waals surface area contributed by atoms with Crippen molar-refractivity contribution in [1.29, 1.82) is 0 Å². The number of nitrogens with one attached hydrogen (secondary N) is 2. The van der Waals surface area contributed by atoms with Crippen LogP contribution in [0.3, 0.4) is 0 Å². The second-order valence-electron chi connectivity index (χ2n) is 7.45. The Morgan fingerprint density at radius 1 is 1.12 bits per heavy atom. The third-order valence-electron chi connectivity index (χ3n) is 4.83. The van der Waals surface area contributed by atoms with Crippen molar-refractivity contribution in [2.45, 2.75) is 37.5 Å². The van der Waals surface area contributed by atoms with Crippen LogP contribution in [0.2, 0.25) is 5.02 Å². The maximum atomic E-state index is 12.6. The topological polar surface area (TPSA) is 93.3 Å². The van der Waals surface area contributed by atoms with Gasteiger partial charge in [-0.25, -0.2) is 9.78 Å². The third-order valence-corrected chi connectivity index (χ3v) is 6.25. The lowest BCUT2D eigenvalue weighted by molar-refractivity contribution is 0.262. The smallest absolute Gasteiger partial charge is 0.307 e. The number of nitrogens with zero attached hydrogens (tertiary/aromatic N) is 4. The van der Waals surface area contributed by atoms with Gasteiger partial charge in [-0.15, -0.1) is 11.8 Å². The molecule has 0 unspecified atom stereocenters. The first-order valence-corrected chi connectivity index (χ1v) is 11.8. The number of para-hydroxylation sites is 1. The van der Waals surface area contributed by atoms with E-state index in [2.05, 4.69) is 20.6 Å². The number of rotatable bonds is 7. The van der Waals surface area contributed by atoms with Gasteiger partial charge >= 0.3 is 6.03 Å². The molecule has 2 aromatic carbocycles. The molecule has 0 atom stereocenters. The van der Waals surface area contributed by atoms with Gasteiger partial charge in [0.1, 0.15) is 6.33 Å². The standard InChI is InChI=1S/C23H23ClN6O2S/c1-3-10-29-14-25-22-26-16(12-21(31)30(22)29)13-33-20-7-5-4-6-19(20)28-23(32)27-18-9-8-15(2)11-17(18)24/h4-9,11-12,14H,3,10,13H2,1-2H3,(H2,27,28,32). The highest BCUT2D eigenvalue weighted by atomic mass is 35.5. The average molecular weight is 483 g/mol. The van der Waals surface area contributed by atoms with E-state index in [9.17, 15) is 9.59 Å². The van der Waals surface area contributed by atoms with E-state index in [1.165, 1.54) is 22.3 Å². The molecular weight excluding hydrogens is 460 g/mol. The molecule has 0 aliphatic carbocycles. The Hall–Kier alpha value is -3.30. The SMILES string of the molecule is CCCn1cnc2nc(CSc3ccccc3NC(=O)Nc3ccc(C)cc3Cl)cc(=O)n21. The molecule has 0 aliphatic rings. The van der Waals surface area contributed by atoms with Crippen molar-refractivity contribution in [3.8, 4) is 0 Å². The molecule has 0 saturated carbocycles. The molecule has 0 bridgehead atoms. The molecule has 8 nitrogen and oxygen atoms in total. The van der Waals surface area contributed by atoms with Gasteiger partial charge in [-0.2, -0.15) is 9.50 Å². The zero-order chi connectivity index (χ0) is 23.4. The van der Waals surface area contributed by atoms with Crippen molar-refractivity contribution >= 4 is 46.5 Å². The van der Waals surface area contributed by atoms with Gasteiger partial charge in [-0.05, 0) is 43.2 Å². The highest BCUT2D eigenvalue weighted by molar-refractivity contribution is 7.98. The zero-order valence-electron chi connectivity index (χ0n) is 18.2. The van der Waals surface area contributed by atoms with E-state index in [1.54, 1.807) is 23.1 Å². The van der Waals surface area contributed by atoms with Gasteiger partial charge in [0.25, 0.3) is 11.3 Å². The minimum atomic E-state index is -0.395. The predicted octanol–water partition coefficient (Wildman–Crippen LogP) is 5.20. The fraction of sp³-hybridized carbons (Fsp3) is 0.217. The van der Waals surface area contributed by atoms with Crippen LogP contribution in [-0.4, -0.2) is 25.2 Å². The Morgan fingerprint density at radius 3 is 2.70 bits per heavy atom. The predicted molar refractivity (Wildman–Crippen MR) is 132 cm³/mol. The first-order chi connectivity index (χ1) is 15.9. The number of hydrogen-bond acceptors (Lipinski definition) is 5. The van der Waals surface area contributed by atoms with Gasteiger partial charge in [-0.3, -0.25) is 9.48 Å². The number of anilines is 2. The number of carbonyl (C=O) groups excluding carboxylic acids is 1. The van der Waals surface area contributed by atoms with Crippen LogP contribution in [0.15, 0.2) is 64.5 Å². The van der Waals surface area contributed by atoms with E-state index < -0.39 is 6.03 Å². The quantitative estimate of drug-likeness (QED) is 0.353. The van der Waals surface area contributed by atoms with E-state index in [0.717, 1.165) is 16.9 Å². The van der Waals surface area contributed by atoms with Gasteiger partial charge in [-0.1, -0.05) is 36.7 Å². The number of carbonyl (C=O) groups is 1. The van der Waals surface area contributed by atoms with Crippen molar-refractivity contribution in [3.05, 3.63) is 81.5 Å².